The van der Waals surface area contributed by atoms with Gasteiger partial charge in [0.05, 0.1) is 0 Å². The van der Waals surface area contributed by atoms with Gasteiger partial charge >= 0.3 is 5.97 Å². The van der Waals surface area contributed by atoms with Gasteiger partial charge in [0, 0.05) is 12.3 Å². The van der Waals surface area contributed by atoms with Crippen molar-refractivity contribution in [1.29, 1.82) is 0 Å². The van der Waals surface area contributed by atoms with E-state index in [1.165, 1.54) is 51.4 Å². The molecule has 0 saturated heterocycles. The molecule has 4 aliphatic carbocycles. The summed E-state index contributed by atoms with van der Waals surface area (Å²) in [4.78, 5) is 11.7. The molecule has 0 heterocycles. The van der Waals surface area contributed by atoms with Crippen LogP contribution >= 0.6 is 0 Å². The molecule has 0 amide bonds. The summed E-state index contributed by atoms with van der Waals surface area (Å²) in [7, 11) is 0. The summed E-state index contributed by atoms with van der Waals surface area (Å²) in [6, 6.07) is 11.3. The zero-order chi connectivity index (χ0) is 20.2. The second-order valence-corrected chi connectivity index (χ2v) is 11.3. The van der Waals surface area contributed by atoms with Gasteiger partial charge in [-0.2, -0.15) is 0 Å². The van der Waals surface area contributed by atoms with Gasteiger partial charge in [-0.15, -0.1) is 0 Å². The fourth-order valence-corrected chi connectivity index (χ4v) is 8.63. The first-order chi connectivity index (χ1) is 13.9. The average Bonchev–Trinajstić information content (AvgIpc) is 3.04. The monoisotopic (exact) mass is 394 g/mol. The van der Waals surface area contributed by atoms with Gasteiger partial charge in [-0.3, -0.25) is 4.79 Å². The quantitative estimate of drug-likeness (QED) is 0.519. The lowest BCUT2D eigenvalue weighted by Gasteiger charge is -2.61. The summed E-state index contributed by atoms with van der Waals surface area (Å²) in [6.07, 6.45) is 12.1. The van der Waals surface area contributed by atoms with Gasteiger partial charge < -0.3 is 4.74 Å². The van der Waals surface area contributed by atoms with E-state index in [4.69, 9.17) is 4.74 Å². The van der Waals surface area contributed by atoms with Gasteiger partial charge in [-0.25, -0.2) is 0 Å². The first-order valence-corrected chi connectivity index (χ1v) is 12.1. The van der Waals surface area contributed by atoms with Crippen LogP contribution in [0, 0.1) is 34.5 Å². The fraction of sp³-hybridized carbons (Fsp3) is 0.741. The van der Waals surface area contributed by atoms with Crippen LogP contribution in [0.1, 0.15) is 90.0 Å². The van der Waals surface area contributed by atoms with Crippen molar-refractivity contribution in [2.24, 2.45) is 34.5 Å². The Morgan fingerprint density at radius 1 is 0.897 bits per heavy atom. The molecule has 0 unspecified atom stereocenters. The van der Waals surface area contributed by atoms with Crippen molar-refractivity contribution in [3.63, 3.8) is 0 Å². The van der Waals surface area contributed by atoms with Crippen LogP contribution in [0.4, 0.5) is 0 Å². The standard InChI is InChI=1S/C27H38O2/c1-18(28)29-25-12-11-23-22-10-9-21-17-20(19-7-5-4-6-8-19)13-15-26(21,2)24(22)14-16-27(23,25)3/h4-8,20-25H,9-17H2,1-3H3/t20-,21-,22+,23+,24-,25-,26-,27-/m0/s1. The van der Waals surface area contributed by atoms with Gasteiger partial charge in [0.2, 0.25) is 0 Å². The number of hydrogen-bond donors (Lipinski definition) is 0. The highest BCUT2D eigenvalue weighted by molar-refractivity contribution is 5.66. The second-order valence-electron chi connectivity index (χ2n) is 11.3. The van der Waals surface area contributed by atoms with Crippen molar-refractivity contribution in [2.75, 3.05) is 0 Å². The number of fused-ring (bicyclic) bond motifs is 5. The topological polar surface area (TPSA) is 26.3 Å². The number of rotatable bonds is 2. The molecule has 0 aromatic heterocycles. The maximum absolute atomic E-state index is 11.7. The molecule has 1 aromatic carbocycles. The van der Waals surface area contributed by atoms with Gasteiger partial charge in [-0.05, 0) is 98.4 Å². The molecule has 0 spiro atoms. The van der Waals surface area contributed by atoms with Crippen LogP contribution in [0.5, 0.6) is 0 Å². The van der Waals surface area contributed by atoms with Gasteiger partial charge in [-0.1, -0.05) is 44.2 Å². The van der Waals surface area contributed by atoms with E-state index in [0.717, 1.165) is 36.0 Å². The molecule has 158 valence electrons. The van der Waals surface area contributed by atoms with Crippen molar-refractivity contribution in [1.82, 2.24) is 0 Å². The maximum Gasteiger partial charge on any atom is 0.302 e. The second kappa shape index (κ2) is 7.13. The van der Waals surface area contributed by atoms with E-state index in [1.54, 1.807) is 12.5 Å². The predicted molar refractivity (Wildman–Crippen MR) is 116 cm³/mol. The number of ether oxygens (including phenoxy) is 1. The Morgan fingerprint density at radius 2 is 1.62 bits per heavy atom. The molecule has 2 heteroatoms. The minimum atomic E-state index is -0.0890. The van der Waals surface area contributed by atoms with Crippen LogP contribution in [0.15, 0.2) is 30.3 Å². The first-order valence-electron chi connectivity index (χ1n) is 12.1. The Kier molecular flexibility index (Phi) is 4.83. The normalized spacial score (nSPS) is 46.3. The number of carbonyl (C=O) groups excluding carboxylic acids is 1. The Balaban J connectivity index is 1.35. The van der Waals surface area contributed by atoms with Gasteiger partial charge in [0.15, 0.2) is 0 Å². The lowest BCUT2D eigenvalue weighted by molar-refractivity contribution is -0.161. The molecule has 8 atom stereocenters. The van der Waals surface area contributed by atoms with Crippen LogP contribution in [-0.2, 0) is 9.53 Å². The maximum atomic E-state index is 11.7. The SMILES string of the molecule is CC(=O)O[C@H]1CC[C@@H]2[C@H]3CC[C@H]4C[C@@H](c5ccccc5)CC[C@]4(C)[C@H]3CC[C@]12C. The highest BCUT2D eigenvalue weighted by Crippen LogP contribution is 2.67. The van der Waals surface area contributed by atoms with Crippen LogP contribution in [0.25, 0.3) is 0 Å². The van der Waals surface area contributed by atoms with Crippen molar-refractivity contribution in [2.45, 2.75) is 90.6 Å². The Bertz CT molecular complexity index is 757. The highest BCUT2D eigenvalue weighted by Gasteiger charge is 2.61. The van der Waals surface area contributed by atoms with Crippen LogP contribution in [0.2, 0.25) is 0 Å². The predicted octanol–water partition coefficient (Wildman–Crippen LogP) is 6.74. The third-order valence-electron chi connectivity index (χ3n) is 10.2. The average molecular weight is 395 g/mol. The van der Waals surface area contributed by atoms with E-state index in [0.29, 0.717) is 5.41 Å². The molecule has 0 radical (unpaired) electrons. The van der Waals surface area contributed by atoms with E-state index in [1.807, 2.05) is 0 Å². The molecule has 4 aliphatic rings. The molecule has 4 saturated carbocycles. The largest absolute Gasteiger partial charge is 0.462 e. The smallest absolute Gasteiger partial charge is 0.302 e. The van der Waals surface area contributed by atoms with Gasteiger partial charge in [0.1, 0.15) is 6.10 Å². The zero-order valence-electron chi connectivity index (χ0n) is 18.5. The van der Waals surface area contributed by atoms with Crippen LogP contribution < -0.4 is 0 Å². The summed E-state index contributed by atoms with van der Waals surface area (Å²) in [6.45, 7) is 6.67. The number of carbonyl (C=O) groups is 1. The summed E-state index contributed by atoms with van der Waals surface area (Å²) in [5.74, 6) is 4.05. The molecule has 1 aromatic rings. The van der Waals surface area contributed by atoms with E-state index in [9.17, 15) is 4.79 Å². The van der Waals surface area contributed by atoms with Gasteiger partial charge in [0.25, 0.3) is 0 Å². The van der Waals surface area contributed by atoms with Crippen molar-refractivity contribution in [3.8, 4) is 0 Å². The molecular formula is C27H38O2. The molecular weight excluding hydrogens is 356 g/mol. The minimum absolute atomic E-state index is 0.0890. The van der Waals surface area contributed by atoms with E-state index in [2.05, 4.69) is 44.2 Å². The lowest BCUT2D eigenvalue weighted by atomic mass is 9.44. The van der Waals surface area contributed by atoms with E-state index < -0.39 is 0 Å². The fourth-order valence-electron chi connectivity index (χ4n) is 8.63. The summed E-state index contributed by atoms with van der Waals surface area (Å²) < 4.78 is 5.82. The lowest BCUT2D eigenvalue weighted by Crippen LogP contribution is -2.54. The summed E-state index contributed by atoms with van der Waals surface area (Å²) in [5, 5.41) is 0. The Morgan fingerprint density at radius 3 is 2.38 bits per heavy atom. The molecule has 4 fully saturated rings. The zero-order valence-corrected chi connectivity index (χ0v) is 18.5. The molecule has 0 bridgehead atoms. The molecule has 5 rings (SSSR count). The third-order valence-corrected chi connectivity index (χ3v) is 10.2. The number of benzene rings is 1. The summed E-state index contributed by atoms with van der Waals surface area (Å²) in [5.41, 5.74) is 2.31. The molecule has 0 aliphatic heterocycles. The van der Waals surface area contributed by atoms with E-state index in [-0.39, 0.29) is 17.5 Å². The molecule has 29 heavy (non-hydrogen) atoms. The van der Waals surface area contributed by atoms with E-state index >= 15 is 0 Å². The van der Waals surface area contributed by atoms with Crippen molar-refractivity contribution >= 4 is 5.97 Å². The van der Waals surface area contributed by atoms with Crippen molar-refractivity contribution < 1.29 is 9.53 Å². The first kappa shape index (κ1) is 19.6. The number of esters is 1. The van der Waals surface area contributed by atoms with Crippen molar-refractivity contribution in [3.05, 3.63) is 35.9 Å². The summed E-state index contributed by atoms with van der Waals surface area (Å²) >= 11 is 0. The molecule has 2 nitrogen and oxygen atoms in total. The Labute approximate surface area is 176 Å². The highest BCUT2D eigenvalue weighted by atomic mass is 16.5. The van der Waals surface area contributed by atoms with Crippen LogP contribution in [-0.4, -0.2) is 12.1 Å². The minimum Gasteiger partial charge on any atom is -0.462 e. The molecule has 0 N–H and O–H groups in total. The number of hydrogen-bond acceptors (Lipinski definition) is 2. The third kappa shape index (κ3) is 3.08. The Hall–Kier alpha value is -1.31. The van der Waals surface area contributed by atoms with Crippen LogP contribution in [0.3, 0.4) is 0 Å².